The van der Waals surface area contributed by atoms with Gasteiger partial charge in [-0.15, -0.1) is 0 Å². The normalized spacial score (nSPS) is 10.1. The van der Waals surface area contributed by atoms with Crippen molar-refractivity contribution >= 4 is 21.7 Å². The molecule has 0 atom stereocenters. The third-order valence-electron chi connectivity index (χ3n) is 2.17. The van der Waals surface area contributed by atoms with Gasteiger partial charge in [-0.1, -0.05) is 34.1 Å². The highest BCUT2D eigenvalue weighted by Crippen LogP contribution is 2.16. The van der Waals surface area contributed by atoms with Crippen LogP contribution in [0.2, 0.25) is 0 Å². The number of rotatable bonds is 3. The van der Waals surface area contributed by atoms with Gasteiger partial charge in [0.25, 0.3) is 0 Å². The van der Waals surface area contributed by atoms with Crippen LogP contribution >= 0.6 is 15.9 Å². The molecule has 1 heterocycles. The number of benzene rings is 1. The standard InChI is InChI=1S/C12H12BrN3/c1-9-6-14-8-12(16-9)15-7-10-4-2-3-5-11(10)13/h2-6,8H,7H2,1H3,(H,15,16). The number of halogens is 1. The average molecular weight is 278 g/mol. The highest BCUT2D eigenvalue weighted by molar-refractivity contribution is 9.10. The minimum Gasteiger partial charge on any atom is -0.365 e. The Bertz CT molecular complexity index is 485. The van der Waals surface area contributed by atoms with Crippen molar-refractivity contribution in [2.24, 2.45) is 0 Å². The van der Waals surface area contributed by atoms with Crippen LogP contribution in [0.4, 0.5) is 5.82 Å². The Morgan fingerprint density at radius 2 is 2.06 bits per heavy atom. The Morgan fingerprint density at radius 1 is 1.25 bits per heavy atom. The van der Waals surface area contributed by atoms with E-state index in [1.54, 1.807) is 12.4 Å². The monoisotopic (exact) mass is 277 g/mol. The summed E-state index contributed by atoms with van der Waals surface area (Å²) in [5, 5.41) is 3.24. The third-order valence-corrected chi connectivity index (χ3v) is 2.95. The molecular formula is C12H12BrN3. The number of hydrogen-bond acceptors (Lipinski definition) is 3. The van der Waals surface area contributed by atoms with Crippen LogP contribution in [0.5, 0.6) is 0 Å². The van der Waals surface area contributed by atoms with Gasteiger partial charge in [-0.2, -0.15) is 0 Å². The van der Waals surface area contributed by atoms with Crippen LogP contribution in [0, 0.1) is 6.92 Å². The summed E-state index contributed by atoms with van der Waals surface area (Å²) >= 11 is 3.51. The van der Waals surface area contributed by atoms with Gasteiger partial charge in [0.15, 0.2) is 0 Å². The first-order valence-corrected chi connectivity index (χ1v) is 5.81. The van der Waals surface area contributed by atoms with Crippen LogP contribution in [0.1, 0.15) is 11.3 Å². The molecule has 4 heteroatoms. The third kappa shape index (κ3) is 2.79. The maximum Gasteiger partial charge on any atom is 0.145 e. The van der Waals surface area contributed by atoms with Gasteiger partial charge < -0.3 is 5.32 Å². The molecule has 0 saturated carbocycles. The van der Waals surface area contributed by atoms with Crippen molar-refractivity contribution in [3.63, 3.8) is 0 Å². The number of anilines is 1. The molecule has 0 aliphatic carbocycles. The second-order valence-electron chi connectivity index (χ2n) is 3.49. The lowest BCUT2D eigenvalue weighted by Crippen LogP contribution is -2.02. The molecule has 0 spiro atoms. The summed E-state index contributed by atoms with van der Waals surface area (Å²) in [7, 11) is 0. The molecule has 0 saturated heterocycles. The lowest BCUT2D eigenvalue weighted by molar-refractivity contribution is 1.05. The largest absolute Gasteiger partial charge is 0.365 e. The predicted octanol–water partition coefficient (Wildman–Crippen LogP) is 3.16. The quantitative estimate of drug-likeness (QED) is 0.937. The molecule has 0 amide bonds. The molecule has 16 heavy (non-hydrogen) atoms. The Hall–Kier alpha value is -1.42. The summed E-state index contributed by atoms with van der Waals surface area (Å²) in [6.45, 7) is 2.66. The fraction of sp³-hybridized carbons (Fsp3) is 0.167. The van der Waals surface area contributed by atoms with Gasteiger partial charge in [0.2, 0.25) is 0 Å². The van der Waals surface area contributed by atoms with Crippen LogP contribution in [-0.4, -0.2) is 9.97 Å². The van der Waals surface area contributed by atoms with Crippen molar-refractivity contribution < 1.29 is 0 Å². The molecule has 2 rings (SSSR count). The Balaban J connectivity index is 2.05. The van der Waals surface area contributed by atoms with Crippen LogP contribution in [0.25, 0.3) is 0 Å². The molecule has 2 aromatic rings. The number of nitrogens with one attached hydrogen (secondary N) is 1. The van der Waals surface area contributed by atoms with Crippen LogP contribution in [0.3, 0.4) is 0 Å². The van der Waals surface area contributed by atoms with E-state index in [1.807, 2.05) is 25.1 Å². The van der Waals surface area contributed by atoms with Crippen LogP contribution in [0.15, 0.2) is 41.1 Å². The van der Waals surface area contributed by atoms with Gasteiger partial charge >= 0.3 is 0 Å². The first kappa shape index (κ1) is 11.1. The Morgan fingerprint density at radius 3 is 2.81 bits per heavy atom. The van der Waals surface area contributed by atoms with Crippen molar-refractivity contribution in [2.45, 2.75) is 13.5 Å². The van der Waals surface area contributed by atoms with E-state index in [1.165, 1.54) is 5.56 Å². The summed E-state index contributed by atoms with van der Waals surface area (Å²) in [6, 6.07) is 8.11. The number of aromatic nitrogens is 2. The van der Waals surface area contributed by atoms with E-state index in [-0.39, 0.29) is 0 Å². The first-order valence-electron chi connectivity index (χ1n) is 5.01. The molecule has 3 nitrogen and oxygen atoms in total. The molecule has 0 fully saturated rings. The first-order chi connectivity index (χ1) is 7.75. The van der Waals surface area contributed by atoms with Crippen molar-refractivity contribution in [3.05, 3.63) is 52.4 Å². The maximum absolute atomic E-state index is 4.33. The zero-order valence-corrected chi connectivity index (χ0v) is 10.5. The van der Waals surface area contributed by atoms with E-state index >= 15 is 0 Å². The smallest absolute Gasteiger partial charge is 0.145 e. The zero-order chi connectivity index (χ0) is 11.4. The lowest BCUT2D eigenvalue weighted by atomic mass is 10.2. The van der Waals surface area contributed by atoms with Gasteiger partial charge in [-0.3, -0.25) is 4.98 Å². The second-order valence-corrected chi connectivity index (χ2v) is 4.34. The summed E-state index contributed by atoms with van der Waals surface area (Å²) < 4.78 is 1.10. The number of nitrogens with zero attached hydrogens (tertiary/aromatic N) is 2. The molecule has 0 radical (unpaired) electrons. The predicted molar refractivity (Wildman–Crippen MR) is 68.2 cm³/mol. The minimum absolute atomic E-state index is 0.736. The highest BCUT2D eigenvalue weighted by atomic mass is 79.9. The molecular weight excluding hydrogens is 266 g/mol. The van der Waals surface area contributed by atoms with Crippen molar-refractivity contribution in [1.82, 2.24) is 9.97 Å². The van der Waals surface area contributed by atoms with Crippen molar-refractivity contribution in [2.75, 3.05) is 5.32 Å². The van der Waals surface area contributed by atoms with Crippen LogP contribution < -0.4 is 5.32 Å². The van der Waals surface area contributed by atoms with Gasteiger partial charge in [-0.05, 0) is 18.6 Å². The molecule has 0 aliphatic heterocycles. The summed E-state index contributed by atoms with van der Waals surface area (Å²) in [5.41, 5.74) is 2.11. The van der Waals surface area contributed by atoms with E-state index in [4.69, 9.17) is 0 Å². The van der Waals surface area contributed by atoms with Crippen LogP contribution in [-0.2, 0) is 6.54 Å². The van der Waals surface area contributed by atoms with Gasteiger partial charge in [-0.25, -0.2) is 4.98 Å². The zero-order valence-electron chi connectivity index (χ0n) is 8.94. The van der Waals surface area contributed by atoms with Gasteiger partial charge in [0.1, 0.15) is 5.82 Å². The topological polar surface area (TPSA) is 37.8 Å². The molecule has 0 aliphatic rings. The van der Waals surface area contributed by atoms with E-state index in [9.17, 15) is 0 Å². The lowest BCUT2D eigenvalue weighted by Gasteiger charge is -2.07. The molecule has 1 N–H and O–H groups in total. The summed E-state index contributed by atoms with van der Waals surface area (Å²) in [6.07, 6.45) is 3.47. The average Bonchev–Trinajstić information content (AvgIpc) is 2.28. The molecule has 82 valence electrons. The molecule has 0 bridgehead atoms. The fourth-order valence-corrected chi connectivity index (χ4v) is 1.80. The van der Waals surface area contributed by atoms with E-state index in [0.717, 1.165) is 22.5 Å². The highest BCUT2D eigenvalue weighted by Gasteiger charge is 1.99. The van der Waals surface area contributed by atoms with Gasteiger partial charge in [0, 0.05) is 17.2 Å². The van der Waals surface area contributed by atoms with E-state index in [0.29, 0.717) is 0 Å². The Kier molecular flexibility index (Phi) is 3.51. The maximum atomic E-state index is 4.33. The van der Waals surface area contributed by atoms with E-state index < -0.39 is 0 Å². The second kappa shape index (κ2) is 5.07. The molecule has 0 unspecified atom stereocenters. The van der Waals surface area contributed by atoms with Crippen molar-refractivity contribution in [1.29, 1.82) is 0 Å². The molecule has 1 aromatic heterocycles. The Labute approximate surface area is 103 Å². The fourth-order valence-electron chi connectivity index (χ4n) is 1.38. The van der Waals surface area contributed by atoms with E-state index in [2.05, 4.69) is 37.3 Å². The van der Waals surface area contributed by atoms with Gasteiger partial charge in [0.05, 0.1) is 11.9 Å². The summed E-state index contributed by atoms with van der Waals surface area (Å²) in [5.74, 6) is 0.802. The molecule has 1 aromatic carbocycles. The number of aryl methyl sites for hydroxylation is 1. The van der Waals surface area contributed by atoms with Crippen molar-refractivity contribution in [3.8, 4) is 0 Å². The minimum atomic E-state index is 0.736. The summed E-state index contributed by atoms with van der Waals surface area (Å²) in [4.78, 5) is 8.41. The SMILES string of the molecule is Cc1cncc(NCc2ccccc2Br)n1. The number of hydrogen-bond donors (Lipinski definition) is 1.